The molecule has 0 saturated carbocycles. The summed E-state index contributed by atoms with van der Waals surface area (Å²) < 4.78 is 30.4. The van der Waals surface area contributed by atoms with Crippen molar-refractivity contribution in [2.24, 2.45) is 0 Å². The first-order chi connectivity index (χ1) is 26.4. The van der Waals surface area contributed by atoms with Gasteiger partial charge in [0.2, 0.25) is 9.84 Å². The highest BCUT2D eigenvalue weighted by molar-refractivity contribution is 7.91. The summed E-state index contributed by atoms with van der Waals surface area (Å²) in [6.45, 7) is 2.14. The minimum Gasteiger partial charge on any atom is -0.219 e. The van der Waals surface area contributed by atoms with Crippen LogP contribution in [0.25, 0.3) is 44.5 Å². The van der Waals surface area contributed by atoms with Gasteiger partial charge in [-0.25, -0.2) is 8.42 Å². The van der Waals surface area contributed by atoms with Gasteiger partial charge >= 0.3 is 0 Å². The number of hydrogen-bond acceptors (Lipinski definition) is 2. The maximum absolute atomic E-state index is 15.2. The minimum absolute atomic E-state index is 0.308. The Morgan fingerprint density at radius 1 is 0.315 bits per heavy atom. The zero-order chi connectivity index (χ0) is 36.0. The second-order valence-electron chi connectivity index (χ2n) is 15.2. The van der Waals surface area contributed by atoms with Gasteiger partial charge in [0.1, 0.15) is 0 Å². The molecule has 254 valence electrons. The SMILES string of the molecule is Cc1ccc2c(c1)C1(c3ccccc3-c3ccccc31)c1cc(S(=O)(=O)c3ccc4c(c3)C3(c5ccccc5-c5ccccc53)c3ccccc3-4)ccc1-2. The number of fused-ring (bicyclic) bond motifs is 20. The van der Waals surface area contributed by atoms with Crippen molar-refractivity contribution in [1.82, 2.24) is 0 Å². The largest absolute Gasteiger partial charge is 0.219 e. The van der Waals surface area contributed by atoms with E-state index < -0.39 is 20.7 Å². The Labute approximate surface area is 315 Å². The summed E-state index contributed by atoms with van der Waals surface area (Å²) in [4.78, 5) is 0.617. The lowest BCUT2D eigenvalue weighted by Gasteiger charge is -2.31. The van der Waals surface area contributed by atoms with Crippen LogP contribution in [0.2, 0.25) is 0 Å². The van der Waals surface area contributed by atoms with E-state index in [1.807, 2.05) is 36.4 Å². The van der Waals surface area contributed by atoms with Gasteiger partial charge in [0.05, 0.1) is 20.6 Å². The number of benzene rings is 8. The predicted molar refractivity (Wildman–Crippen MR) is 216 cm³/mol. The second-order valence-corrected chi connectivity index (χ2v) is 17.1. The maximum Gasteiger partial charge on any atom is 0.206 e. The molecule has 0 atom stereocenters. The van der Waals surface area contributed by atoms with Crippen LogP contribution in [0.5, 0.6) is 0 Å². The first-order valence-electron chi connectivity index (χ1n) is 18.6. The molecule has 4 aliphatic rings. The van der Waals surface area contributed by atoms with Gasteiger partial charge in [0.15, 0.2) is 0 Å². The van der Waals surface area contributed by atoms with Crippen molar-refractivity contribution in [3.8, 4) is 44.5 Å². The average molecular weight is 709 g/mol. The molecule has 8 aromatic carbocycles. The van der Waals surface area contributed by atoms with E-state index in [2.05, 4.69) is 146 Å². The van der Waals surface area contributed by atoms with E-state index in [1.54, 1.807) is 0 Å². The first kappa shape index (κ1) is 30.2. The van der Waals surface area contributed by atoms with Crippen molar-refractivity contribution < 1.29 is 8.42 Å². The molecule has 2 nitrogen and oxygen atoms in total. The van der Waals surface area contributed by atoms with Gasteiger partial charge in [-0.3, -0.25) is 0 Å². The zero-order valence-corrected chi connectivity index (χ0v) is 30.3. The fourth-order valence-electron chi connectivity index (χ4n) is 10.8. The van der Waals surface area contributed by atoms with Crippen LogP contribution in [0.15, 0.2) is 186 Å². The van der Waals surface area contributed by atoms with Gasteiger partial charge in [-0.15, -0.1) is 0 Å². The third-order valence-corrected chi connectivity index (χ3v) is 14.6. The lowest BCUT2D eigenvalue weighted by Crippen LogP contribution is -2.26. The van der Waals surface area contributed by atoms with Crippen LogP contribution in [0.4, 0.5) is 0 Å². The Balaban J connectivity index is 1.10. The highest BCUT2D eigenvalue weighted by Gasteiger charge is 2.53. The molecule has 0 amide bonds. The highest BCUT2D eigenvalue weighted by atomic mass is 32.2. The van der Waals surface area contributed by atoms with E-state index in [-0.39, 0.29) is 0 Å². The van der Waals surface area contributed by atoms with E-state index in [9.17, 15) is 0 Å². The van der Waals surface area contributed by atoms with Crippen LogP contribution >= 0.6 is 0 Å². The summed E-state index contributed by atoms with van der Waals surface area (Å²) >= 11 is 0. The van der Waals surface area contributed by atoms with Gasteiger partial charge in [-0.2, -0.15) is 0 Å². The Morgan fingerprint density at radius 3 is 0.963 bits per heavy atom. The average Bonchev–Trinajstić information content (AvgIpc) is 3.89. The highest BCUT2D eigenvalue weighted by Crippen LogP contribution is 2.65. The topological polar surface area (TPSA) is 34.1 Å². The summed E-state index contributed by atoms with van der Waals surface area (Å²) in [5, 5.41) is 0. The van der Waals surface area contributed by atoms with Crippen molar-refractivity contribution in [2.75, 3.05) is 0 Å². The molecule has 0 unspecified atom stereocenters. The summed E-state index contributed by atoms with van der Waals surface area (Å²) in [6.07, 6.45) is 0. The Hall–Kier alpha value is -6.29. The van der Waals surface area contributed by atoms with E-state index >= 15 is 8.42 Å². The summed E-state index contributed by atoms with van der Waals surface area (Å²) in [7, 11) is -3.97. The molecule has 2 spiro atoms. The van der Waals surface area contributed by atoms with E-state index in [1.165, 1.54) is 61.2 Å². The number of sulfone groups is 1. The van der Waals surface area contributed by atoms with Gasteiger partial charge in [0, 0.05) is 0 Å². The lowest BCUT2D eigenvalue weighted by molar-refractivity contribution is 0.595. The Bertz CT molecular complexity index is 2990. The van der Waals surface area contributed by atoms with Crippen LogP contribution in [-0.2, 0) is 20.7 Å². The van der Waals surface area contributed by atoms with E-state index in [0.717, 1.165) is 33.4 Å². The zero-order valence-electron chi connectivity index (χ0n) is 29.5. The minimum atomic E-state index is -3.97. The van der Waals surface area contributed by atoms with Crippen LogP contribution in [0, 0.1) is 6.92 Å². The monoisotopic (exact) mass is 708 g/mol. The lowest BCUT2D eigenvalue weighted by atomic mass is 9.70. The molecule has 0 heterocycles. The molecule has 0 fully saturated rings. The van der Waals surface area contributed by atoms with Crippen LogP contribution in [0.1, 0.15) is 50.1 Å². The van der Waals surface area contributed by atoms with Gasteiger partial charge < -0.3 is 0 Å². The molecule has 4 aliphatic carbocycles. The van der Waals surface area contributed by atoms with Crippen molar-refractivity contribution in [3.63, 3.8) is 0 Å². The van der Waals surface area contributed by atoms with Crippen molar-refractivity contribution >= 4 is 9.84 Å². The Kier molecular flexibility index (Phi) is 5.72. The number of rotatable bonds is 2. The number of aryl methyl sites for hydroxylation is 1. The summed E-state index contributed by atoms with van der Waals surface area (Å²) in [5.74, 6) is 0. The molecule has 8 aromatic rings. The molecule has 54 heavy (non-hydrogen) atoms. The molecular weight excluding hydrogens is 677 g/mol. The molecule has 0 bridgehead atoms. The van der Waals surface area contributed by atoms with Crippen molar-refractivity contribution in [1.29, 1.82) is 0 Å². The third-order valence-electron chi connectivity index (χ3n) is 12.8. The molecule has 0 saturated heterocycles. The normalized spacial score (nSPS) is 15.2. The summed E-state index contributed by atoms with van der Waals surface area (Å²) in [5.41, 5.74) is 18.4. The van der Waals surface area contributed by atoms with E-state index in [0.29, 0.717) is 9.79 Å². The Morgan fingerprint density at radius 2 is 0.593 bits per heavy atom. The molecular formula is C51H32O2S. The second kappa shape index (κ2) is 10.2. The predicted octanol–water partition coefficient (Wildman–Crippen LogP) is 11.5. The van der Waals surface area contributed by atoms with Crippen LogP contribution in [0.3, 0.4) is 0 Å². The standard InChI is InChI=1S/C51H32O2S/c1-31-22-25-39-41-27-24-33(30-49(41)51(47(39)28-31)45-20-10-4-14-36(45)37-15-5-11-21-46(37)51)54(52,53)32-23-26-40-38-16-6-9-19-44(38)50(48(40)29-32)42-17-7-2-12-34(42)35-13-3-8-18-43(35)50/h2-30H,1H3. The van der Waals surface area contributed by atoms with Gasteiger partial charge in [-0.05, 0) is 120 Å². The maximum atomic E-state index is 15.2. The fourth-order valence-corrected chi connectivity index (χ4v) is 12.1. The number of hydrogen-bond donors (Lipinski definition) is 0. The molecule has 0 aromatic heterocycles. The van der Waals surface area contributed by atoms with E-state index in [4.69, 9.17) is 0 Å². The molecule has 12 rings (SSSR count). The van der Waals surface area contributed by atoms with Gasteiger partial charge in [-0.1, -0.05) is 157 Å². The summed E-state index contributed by atoms with van der Waals surface area (Å²) in [6, 6.07) is 61.5. The van der Waals surface area contributed by atoms with Crippen molar-refractivity contribution in [2.45, 2.75) is 27.5 Å². The van der Waals surface area contributed by atoms with Crippen molar-refractivity contribution in [3.05, 3.63) is 226 Å². The third kappa shape index (κ3) is 3.41. The van der Waals surface area contributed by atoms with Crippen LogP contribution in [-0.4, -0.2) is 8.42 Å². The fraction of sp³-hybridized carbons (Fsp3) is 0.0588. The molecule has 3 heteroatoms. The molecule has 0 N–H and O–H groups in total. The molecule has 0 aliphatic heterocycles. The quantitative estimate of drug-likeness (QED) is 0.179. The smallest absolute Gasteiger partial charge is 0.206 e. The van der Waals surface area contributed by atoms with Gasteiger partial charge in [0.25, 0.3) is 0 Å². The first-order valence-corrected chi connectivity index (χ1v) is 20.1. The molecule has 0 radical (unpaired) electrons. The van der Waals surface area contributed by atoms with Crippen LogP contribution < -0.4 is 0 Å².